The number of hydrogen-bond donors (Lipinski definition) is 3. The number of aliphatic hydroxyl groups is 1. The van der Waals surface area contributed by atoms with E-state index < -0.39 is 40.8 Å². The fraction of sp³-hybridized carbons (Fsp3) is 0.364. The second-order valence-electron chi connectivity index (χ2n) is 11.7. The highest BCUT2D eigenvalue weighted by Gasteiger charge is 2.54. The highest BCUT2D eigenvalue weighted by atomic mass is 19.1. The molecule has 0 fully saturated rings. The van der Waals surface area contributed by atoms with Gasteiger partial charge in [-0.3, -0.25) is 15.0 Å². The van der Waals surface area contributed by atoms with Crippen molar-refractivity contribution >= 4 is 23.5 Å². The van der Waals surface area contributed by atoms with E-state index in [1.807, 2.05) is 0 Å². The molecule has 0 saturated heterocycles. The first-order valence-corrected chi connectivity index (χ1v) is 14.9. The minimum Gasteiger partial charge on any atom is -0.494 e. The summed E-state index contributed by atoms with van der Waals surface area (Å²) in [5, 5.41) is 12.8. The van der Waals surface area contributed by atoms with E-state index in [0.717, 1.165) is 18.2 Å². The molecule has 1 heterocycles. The summed E-state index contributed by atoms with van der Waals surface area (Å²) in [6.07, 6.45) is -1.19. The summed E-state index contributed by atoms with van der Waals surface area (Å²) < 4.78 is 45.6. The number of halogens is 2. The lowest BCUT2D eigenvalue weighted by Gasteiger charge is -2.31. The number of carbonyl (C=O) groups is 2. The molecular formula is C33H36F2N6O6. The van der Waals surface area contributed by atoms with Crippen LogP contribution in [0.1, 0.15) is 62.8 Å². The lowest BCUT2D eigenvalue weighted by molar-refractivity contribution is -0.155. The number of hydrazine groups is 1. The highest BCUT2D eigenvalue weighted by molar-refractivity contribution is 6.01. The van der Waals surface area contributed by atoms with Gasteiger partial charge < -0.3 is 19.3 Å². The third-order valence-electron chi connectivity index (χ3n) is 7.02. The summed E-state index contributed by atoms with van der Waals surface area (Å²) in [5.74, 6) is -2.08. The highest BCUT2D eigenvalue weighted by Crippen LogP contribution is 2.46. The van der Waals surface area contributed by atoms with Crippen LogP contribution in [0.4, 0.5) is 14.5 Å². The Morgan fingerprint density at radius 1 is 1.13 bits per heavy atom. The van der Waals surface area contributed by atoms with Gasteiger partial charge in [0.15, 0.2) is 11.6 Å². The molecular weight excluding hydrogens is 614 g/mol. The average molecular weight is 651 g/mol. The van der Waals surface area contributed by atoms with Crippen LogP contribution < -0.4 is 15.6 Å². The normalized spacial score (nSPS) is 17.2. The quantitative estimate of drug-likeness (QED) is 0.0490. The topological polar surface area (TPSA) is 167 Å². The monoisotopic (exact) mass is 650 g/mol. The van der Waals surface area contributed by atoms with Gasteiger partial charge in [-0.1, -0.05) is 29.4 Å². The lowest BCUT2D eigenvalue weighted by atomic mass is 9.83. The summed E-state index contributed by atoms with van der Waals surface area (Å²) in [4.78, 5) is 34.8. The number of esters is 1. The number of nitrogens with one attached hydrogen (secondary N) is 2. The Balaban J connectivity index is 1.75. The Labute approximate surface area is 270 Å². The van der Waals surface area contributed by atoms with Crippen LogP contribution in [0.5, 0.6) is 5.75 Å². The number of amides is 1. The van der Waals surface area contributed by atoms with Gasteiger partial charge in [0.1, 0.15) is 23.0 Å². The largest absolute Gasteiger partial charge is 0.494 e. The number of azide groups is 1. The number of hydrogen-bond acceptors (Lipinski definition) is 9. The van der Waals surface area contributed by atoms with Crippen LogP contribution in [-0.4, -0.2) is 47.2 Å². The molecule has 0 bridgehead atoms. The number of nitrogens with zero attached hydrogens (tertiary/aromatic N) is 4. The Morgan fingerprint density at radius 3 is 2.57 bits per heavy atom. The van der Waals surface area contributed by atoms with Crippen molar-refractivity contribution in [1.29, 1.82) is 0 Å². The molecule has 14 heteroatoms. The van der Waals surface area contributed by atoms with Crippen molar-refractivity contribution in [3.8, 4) is 5.75 Å². The third-order valence-corrected chi connectivity index (χ3v) is 7.02. The minimum atomic E-state index is -1.84. The minimum absolute atomic E-state index is 0.0130. The van der Waals surface area contributed by atoms with E-state index >= 15 is 0 Å². The van der Waals surface area contributed by atoms with Crippen LogP contribution in [0, 0.1) is 11.6 Å². The molecule has 47 heavy (non-hydrogen) atoms. The molecule has 0 spiro atoms. The van der Waals surface area contributed by atoms with Gasteiger partial charge >= 0.3 is 5.97 Å². The van der Waals surface area contributed by atoms with Crippen LogP contribution in [-0.2, 0) is 25.6 Å². The van der Waals surface area contributed by atoms with Gasteiger partial charge in [0, 0.05) is 53.3 Å². The first-order chi connectivity index (χ1) is 22.5. The van der Waals surface area contributed by atoms with Crippen molar-refractivity contribution in [2.24, 2.45) is 10.1 Å². The number of benzene rings is 3. The molecule has 3 aromatic rings. The standard InChI is InChI=1S/C33H36F2N6O6/c1-32(2,3)47-28(43)15-16-33(31(44)40-37-20-22-19-23(34)11-14-26(22)35)29(25-7-4-5-8-27(25)39-41-36)46-30(38-33)21-9-12-24(13-10-21)45-18-6-17-42/h4-5,7-14,19,29,37,42H,6,15-18,20H2,1-3H3,(H,40,44)/t29-,33-/m0/s1. The number of ether oxygens (including phenoxy) is 3. The molecule has 0 aromatic heterocycles. The Hall–Kier alpha value is -5.04. The van der Waals surface area contributed by atoms with E-state index in [0.29, 0.717) is 29.9 Å². The molecule has 1 amide bonds. The number of aliphatic imine (C=N–C) groups is 1. The second kappa shape index (κ2) is 15.5. The maximum atomic E-state index is 14.3. The van der Waals surface area contributed by atoms with E-state index in [4.69, 9.17) is 24.3 Å². The van der Waals surface area contributed by atoms with Gasteiger partial charge in [0.25, 0.3) is 5.91 Å². The zero-order chi connectivity index (χ0) is 34.0. The summed E-state index contributed by atoms with van der Waals surface area (Å²) in [6, 6.07) is 16.2. The van der Waals surface area contributed by atoms with E-state index in [9.17, 15) is 23.9 Å². The Kier molecular flexibility index (Phi) is 11.5. The summed E-state index contributed by atoms with van der Waals surface area (Å²) >= 11 is 0. The molecule has 3 aromatic carbocycles. The first kappa shape index (κ1) is 34.8. The van der Waals surface area contributed by atoms with E-state index in [2.05, 4.69) is 20.9 Å². The van der Waals surface area contributed by atoms with Gasteiger partial charge in [-0.2, -0.15) is 0 Å². The molecule has 0 radical (unpaired) electrons. The van der Waals surface area contributed by atoms with Crippen LogP contribution in [0.2, 0.25) is 0 Å². The van der Waals surface area contributed by atoms with Crippen LogP contribution >= 0.6 is 0 Å². The van der Waals surface area contributed by atoms with Crippen molar-refractivity contribution in [3.05, 3.63) is 105 Å². The van der Waals surface area contributed by atoms with E-state index in [1.165, 1.54) is 0 Å². The molecule has 0 unspecified atom stereocenters. The number of carbonyl (C=O) groups excluding carboxylic acids is 2. The van der Waals surface area contributed by atoms with Crippen LogP contribution in [0.3, 0.4) is 0 Å². The Morgan fingerprint density at radius 2 is 1.87 bits per heavy atom. The van der Waals surface area contributed by atoms with Crippen molar-refractivity contribution in [1.82, 2.24) is 10.9 Å². The molecule has 3 N–H and O–H groups in total. The maximum absolute atomic E-state index is 14.3. The maximum Gasteiger partial charge on any atom is 0.306 e. The first-order valence-electron chi connectivity index (χ1n) is 14.9. The second-order valence-corrected chi connectivity index (χ2v) is 11.7. The fourth-order valence-electron chi connectivity index (χ4n) is 4.89. The van der Waals surface area contributed by atoms with Crippen LogP contribution in [0.25, 0.3) is 10.4 Å². The number of aliphatic hydroxyl groups excluding tert-OH is 1. The third kappa shape index (κ3) is 9.03. The summed E-state index contributed by atoms with van der Waals surface area (Å²) in [5.41, 5.74) is 12.7. The molecule has 0 aliphatic carbocycles. The van der Waals surface area contributed by atoms with Crippen molar-refractivity contribution in [3.63, 3.8) is 0 Å². The molecule has 248 valence electrons. The number of rotatable bonds is 14. The van der Waals surface area contributed by atoms with E-state index in [-0.39, 0.29) is 43.1 Å². The summed E-state index contributed by atoms with van der Waals surface area (Å²) in [7, 11) is 0. The Bertz CT molecular complexity index is 1660. The fourth-order valence-corrected chi connectivity index (χ4v) is 4.89. The molecule has 2 atom stereocenters. The predicted octanol–water partition coefficient (Wildman–Crippen LogP) is 5.87. The van der Waals surface area contributed by atoms with Crippen molar-refractivity contribution in [2.75, 3.05) is 13.2 Å². The lowest BCUT2D eigenvalue weighted by Crippen LogP contribution is -2.52. The molecule has 0 saturated carbocycles. The van der Waals surface area contributed by atoms with Gasteiger partial charge in [-0.25, -0.2) is 19.2 Å². The van der Waals surface area contributed by atoms with Gasteiger partial charge in [0.2, 0.25) is 5.90 Å². The zero-order valence-electron chi connectivity index (χ0n) is 26.2. The summed E-state index contributed by atoms with van der Waals surface area (Å²) in [6.45, 7) is 5.18. The smallest absolute Gasteiger partial charge is 0.306 e. The molecule has 4 rings (SSSR count). The van der Waals surface area contributed by atoms with Gasteiger partial charge in [-0.15, -0.1) is 0 Å². The zero-order valence-corrected chi connectivity index (χ0v) is 26.2. The predicted molar refractivity (Wildman–Crippen MR) is 168 cm³/mol. The van der Waals surface area contributed by atoms with Crippen molar-refractivity contribution < 1.29 is 37.7 Å². The van der Waals surface area contributed by atoms with Gasteiger partial charge in [-0.05, 0) is 75.2 Å². The van der Waals surface area contributed by atoms with E-state index in [1.54, 1.807) is 69.3 Å². The molecule has 1 aliphatic rings. The SMILES string of the molecule is CC(C)(C)OC(=O)CC[C@]1(C(=O)NNCc2cc(F)ccc2F)N=C(c2ccc(OCCCO)cc2)O[C@H]1c1ccccc1N=[N+]=[N-]. The van der Waals surface area contributed by atoms with Crippen molar-refractivity contribution in [2.45, 2.75) is 63.8 Å². The average Bonchev–Trinajstić information content (AvgIpc) is 3.42. The molecule has 1 aliphatic heterocycles. The molecule has 12 nitrogen and oxygen atoms in total. The van der Waals surface area contributed by atoms with Gasteiger partial charge in [0.05, 0.1) is 6.61 Å². The van der Waals surface area contributed by atoms with Crippen LogP contribution in [0.15, 0.2) is 76.8 Å².